The highest BCUT2D eigenvalue weighted by molar-refractivity contribution is 7.89. The number of rotatable bonds is 8. The van der Waals surface area contributed by atoms with Crippen LogP contribution in [0, 0.1) is 0 Å². The van der Waals surface area contributed by atoms with Gasteiger partial charge in [-0.2, -0.15) is 9.40 Å². The van der Waals surface area contributed by atoms with Crippen LogP contribution in [-0.2, 0) is 21.4 Å². The van der Waals surface area contributed by atoms with E-state index in [1.165, 1.54) is 6.20 Å². The average Bonchev–Trinajstić information content (AvgIpc) is 2.77. The molecule has 0 aliphatic carbocycles. The van der Waals surface area contributed by atoms with Gasteiger partial charge >= 0.3 is 5.97 Å². The molecule has 0 saturated carbocycles. The molecule has 0 amide bonds. The fourth-order valence-corrected chi connectivity index (χ4v) is 3.04. The normalized spacial score (nSPS) is 11.9. The van der Waals surface area contributed by atoms with Crippen molar-refractivity contribution >= 4 is 16.0 Å². The van der Waals surface area contributed by atoms with E-state index in [0.29, 0.717) is 6.42 Å². The molecule has 9 heteroatoms. The van der Waals surface area contributed by atoms with E-state index in [9.17, 15) is 13.2 Å². The lowest BCUT2D eigenvalue weighted by molar-refractivity contribution is -0.137. The Kier molecular flexibility index (Phi) is 5.45. The van der Waals surface area contributed by atoms with Crippen LogP contribution >= 0.6 is 0 Å². The SMILES string of the molecule is CCCN(CCO)S(=O)(=O)c1cnn(CC(=O)O)c1. The Morgan fingerprint density at radius 1 is 1.47 bits per heavy atom. The van der Waals surface area contributed by atoms with E-state index in [-0.39, 0.29) is 24.6 Å². The van der Waals surface area contributed by atoms with Gasteiger partial charge in [0.25, 0.3) is 0 Å². The number of aliphatic carboxylic acids is 1. The zero-order valence-electron chi connectivity index (χ0n) is 10.6. The molecule has 0 spiro atoms. The van der Waals surface area contributed by atoms with E-state index in [0.717, 1.165) is 15.2 Å². The molecular weight excluding hydrogens is 274 g/mol. The van der Waals surface area contributed by atoms with Gasteiger partial charge in [0.1, 0.15) is 11.4 Å². The van der Waals surface area contributed by atoms with Gasteiger partial charge in [-0.15, -0.1) is 0 Å². The smallest absolute Gasteiger partial charge is 0.325 e. The number of carboxylic acid groups (broad SMARTS) is 1. The van der Waals surface area contributed by atoms with E-state index in [1.54, 1.807) is 0 Å². The fourth-order valence-electron chi connectivity index (χ4n) is 1.57. The molecule has 0 fully saturated rings. The summed E-state index contributed by atoms with van der Waals surface area (Å²) in [5, 5.41) is 21.2. The Morgan fingerprint density at radius 2 is 2.16 bits per heavy atom. The summed E-state index contributed by atoms with van der Waals surface area (Å²) in [5.41, 5.74) is 0. The summed E-state index contributed by atoms with van der Waals surface area (Å²) in [6.07, 6.45) is 2.89. The van der Waals surface area contributed by atoms with Gasteiger partial charge in [-0.05, 0) is 6.42 Å². The van der Waals surface area contributed by atoms with Crippen LogP contribution in [0.4, 0.5) is 0 Å². The number of aliphatic hydroxyl groups excluding tert-OH is 1. The van der Waals surface area contributed by atoms with Crippen molar-refractivity contribution in [3.05, 3.63) is 12.4 Å². The summed E-state index contributed by atoms with van der Waals surface area (Å²) in [6, 6.07) is 0. The first-order chi connectivity index (χ1) is 8.91. The summed E-state index contributed by atoms with van der Waals surface area (Å²) in [7, 11) is -3.74. The molecule has 0 atom stereocenters. The van der Waals surface area contributed by atoms with Crippen LogP contribution in [0.5, 0.6) is 0 Å². The highest BCUT2D eigenvalue weighted by Gasteiger charge is 2.25. The van der Waals surface area contributed by atoms with Crippen molar-refractivity contribution in [2.75, 3.05) is 19.7 Å². The van der Waals surface area contributed by atoms with Gasteiger partial charge < -0.3 is 10.2 Å². The number of hydrogen-bond donors (Lipinski definition) is 2. The third-order valence-corrected chi connectivity index (χ3v) is 4.22. The Hall–Kier alpha value is -1.45. The fraction of sp³-hybridized carbons (Fsp3) is 0.600. The first kappa shape index (κ1) is 15.6. The minimum atomic E-state index is -3.74. The summed E-state index contributed by atoms with van der Waals surface area (Å²) in [6.45, 7) is 1.44. The number of aromatic nitrogens is 2. The molecule has 2 N–H and O–H groups in total. The highest BCUT2D eigenvalue weighted by atomic mass is 32.2. The molecule has 1 heterocycles. The van der Waals surface area contributed by atoms with Gasteiger partial charge in [-0.1, -0.05) is 6.92 Å². The molecule has 0 saturated heterocycles. The lowest BCUT2D eigenvalue weighted by Gasteiger charge is -2.19. The Bertz CT molecular complexity index is 519. The maximum absolute atomic E-state index is 12.2. The maximum Gasteiger partial charge on any atom is 0.325 e. The summed E-state index contributed by atoms with van der Waals surface area (Å²) >= 11 is 0. The molecule has 19 heavy (non-hydrogen) atoms. The van der Waals surface area contributed by atoms with Crippen molar-refractivity contribution in [1.82, 2.24) is 14.1 Å². The van der Waals surface area contributed by atoms with E-state index >= 15 is 0 Å². The van der Waals surface area contributed by atoms with Crippen molar-refractivity contribution in [3.8, 4) is 0 Å². The van der Waals surface area contributed by atoms with E-state index in [4.69, 9.17) is 10.2 Å². The molecular formula is C10H17N3O5S. The van der Waals surface area contributed by atoms with Crippen LogP contribution in [0.1, 0.15) is 13.3 Å². The second-order valence-electron chi connectivity index (χ2n) is 3.90. The lowest BCUT2D eigenvalue weighted by Crippen LogP contribution is -2.34. The molecule has 1 aromatic rings. The highest BCUT2D eigenvalue weighted by Crippen LogP contribution is 2.14. The molecule has 0 bridgehead atoms. The number of carbonyl (C=O) groups is 1. The maximum atomic E-state index is 12.2. The van der Waals surface area contributed by atoms with Crippen LogP contribution in [-0.4, -0.2) is 58.4 Å². The van der Waals surface area contributed by atoms with Gasteiger partial charge in [0.2, 0.25) is 10.0 Å². The van der Waals surface area contributed by atoms with Crippen molar-refractivity contribution in [2.24, 2.45) is 0 Å². The molecule has 0 unspecified atom stereocenters. The standard InChI is InChI=1S/C10H17N3O5S/c1-2-3-13(4-5-14)19(17,18)9-6-11-12(7-9)8-10(15)16/h6-7,14H,2-5,8H2,1H3,(H,15,16). The van der Waals surface area contributed by atoms with Crippen LogP contribution in [0.15, 0.2) is 17.3 Å². The summed E-state index contributed by atoms with van der Waals surface area (Å²) in [4.78, 5) is 10.4. The topological polar surface area (TPSA) is 113 Å². The van der Waals surface area contributed by atoms with Gasteiger partial charge in [0, 0.05) is 19.3 Å². The Morgan fingerprint density at radius 3 is 2.68 bits per heavy atom. The molecule has 1 aromatic heterocycles. The number of nitrogens with zero attached hydrogens (tertiary/aromatic N) is 3. The van der Waals surface area contributed by atoms with E-state index in [2.05, 4.69) is 5.10 Å². The zero-order valence-corrected chi connectivity index (χ0v) is 11.4. The molecule has 0 radical (unpaired) electrons. The second kappa shape index (κ2) is 6.64. The summed E-state index contributed by atoms with van der Waals surface area (Å²) in [5.74, 6) is -1.10. The minimum Gasteiger partial charge on any atom is -0.480 e. The third-order valence-electron chi connectivity index (χ3n) is 2.37. The quantitative estimate of drug-likeness (QED) is 0.659. The lowest BCUT2D eigenvalue weighted by atomic mass is 10.5. The third kappa shape index (κ3) is 4.01. The molecule has 0 aliphatic rings. The first-order valence-corrected chi connectivity index (χ1v) is 7.21. The van der Waals surface area contributed by atoms with Gasteiger partial charge in [-0.3, -0.25) is 9.48 Å². The number of carboxylic acids is 1. The van der Waals surface area contributed by atoms with Crippen molar-refractivity contribution in [1.29, 1.82) is 0 Å². The molecule has 0 aromatic carbocycles. The van der Waals surface area contributed by atoms with Crippen LogP contribution in [0.3, 0.4) is 0 Å². The molecule has 1 rings (SSSR count). The average molecular weight is 291 g/mol. The van der Waals surface area contributed by atoms with Crippen molar-refractivity contribution < 1.29 is 23.4 Å². The first-order valence-electron chi connectivity index (χ1n) is 5.77. The summed E-state index contributed by atoms with van der Waals surface area (Å²) < 4.78 is 26.6. The number of hydrogen-bond acceptors (Lipinski definition) is 5. The second-order valence-corrected chi connectivity index (χ2v) is 5.83. The number of aliphatic hydroxyl groups is 1. The van der Waals surface area contributed by atoms with Crippen LogP contribution in [0.2, 0.25) is 0 Å². The Balaban J connectivity index is 2.97. The van der Waals surface area contributed by atoms with Crippen molar-refractivity contribution in [3.63, 3.8) is 0 Å². The Labute approximate surface area is 111 Å². The van der Waals surface area contributed by atoms with E-state index in [1.807, 2.05) is 6.92 Å². The molecule has 108 valence electrons. The van der Waals surface area contributed by atoms with Gasteiger partial charge in [-0.25, -0.2) is 8.42 Å². The van der Waals surface area contributed by atoms with Gasteiger partial charge in [0.05, 0.1) is 12.8 Å². The molecule has 0 aliphatic heterocycles. The van der Waals surface area contributed by atoms with Crippen molar-refractivity contribution in [2.45, 2.75) is 24.8 Å². The van der Waals surface area contributed by atoms with E-state index < -0.39 is 22.5 Å². The molecule has 8 nitrogen and oxygen atoms in total. The van der Waals surface area contributed by atoms with Crippen LogP contribution in [0.25, 0.3) is 0 Å². The van der Waals surface area contributed by atoms with Gasteiger partial charge in [0.15, 0.2) is 0 Å². The number of sulfonamides is 1. The zero-order chi connectivity index (χ0) is 14.5. The predicted octanol–water partition coefficient (Wildman–Crippen LogP) is -0.639. The predicted molar refractivity (Wildman–Crippen MR) is 66.0 cm³/mol. The largest absolute Gasteiger partial charge is 0.480 e. The monoisotopic (exact) mass is 291 g/mol. The van der Waals surface area contributed by atoms with Crippen LogP contribution < -0.4 is 0 Å². The minimum absolute atomic E-state index is 0.000282.